The molecule has 3 aromatic carbocycles. The Labute approximate surface area is 171 Å². The van der Waals surface area contributed by atoms with E-state index in [1.165, 1.54) is 5.56 Å². The van der Waals surface area contributed by atoms with Crippen LogP contribution in [0.1, 0.15) is 12.5 Å². The Balaban J connectivity index is 1.39. The van der Waals surface area contributed by atoms with Crippen molar-refractivity contribution in [2.45, 2.75) is 13.3 Å². The third kappa shape index (κ3) is 6.88. The van der Waals surface area contributed by atoms with Crippen molar-refractivity contribution in [2.24, 2.45) is 0 Å². The summed E-state index contributed by atoms with van der Waals surface area (Å²) in [6, 6.07) is 25.2. The lowest BCUT2D eigenvalue weighted by Gasteiger charge is -2.10. The smallest absolute Gasteiger partial charge is 0.243 e. The molecule has 5 nitrogen and oxygen atoms in total. The van der Waals surface area contributed by atoms with Crippen LogP contribution < -0.4 is 20.1 Å². The summed E-state index contributed by atoms with van der Waals surface area (Å²) in [6.07, 6.45) is 0.868. The third-order valence-corrected chi connectivity index (χ3v) is 4.26. The van der Waals surface area contributed by atoms with Crippen molar-refractivity contribution >= 4 is 17.3 Å². The molecule has 0 aliphatic rings. The number of ether oxygens (including phenoxy) is 2. The third-order valence-electron chi connectivity index (χ3n) is 4.26. The van der Waals surface area contributed by atoms with Gasteiger partial charge in [-0.3, -0.25) is 4.79 Å². The monoisotopic (exact) mass is 390 g/mol. The van der Waals surface area contributed by atoms with Crippen molar-refractivity contribution in [3.05, 3.63) is 84.4 Å². The zero-order valence-corrected chi connectivity index (χ0v) is 16.6. The van der Waals surface area contributed by atoms with Crippen LogP contribution in [0.15, 0.2) is 78.9 Å². The van der Waals surface area contributed by atoms with Crippen LogP contribution in [-0.2, 0) is 11.2 Å². The quantitative estimate of drug-likeness (QED) is 0.524. The molecule has 1 amide bonds. The first-order chi connectivity index (χ1) is 14.2. The summed E-state index contributed by atoms with van der Waals surface area (Å²) in [5.74, 6) is 1.48. The maximum absolute atomic E-state index is 12.1. The molecule has 2 N–H and O–H groups in total. The van der Waals surface area contributed by atoms with Crippen LogP contribution in [0.25, 0.3) is 0 Å². The summed E-state index contributed by atoms with van der Waals surface area (Å²) in [5.41, 5.74) is 2.86. The molecule has 0 aromatic heterocycles. The topological polar surface area (TPSA) is 59.6 Å². The Morgan fingerprint density at radius 2 is 1.41 bits per heavy atom. The van der Waals surface area contributed by atoms with Gasteiger partial charge in [0.25, 0.3) is 0 Å². The highest BCUT2D eigenvalue weighted by molar-refractivity contribution is 5.93. The van der Waals surface area contributed by atoms with E-state index in [0.29, 0.717) is 13.2 Å². The van der Waals surface area contributed by atoms with E-state index >= 15 is 0 Å². The van der Waals surface area contributed by atoms with Crippen LogP contribution in [-0.4, -0.2) is 25.7 Å². The van der Waals surface area contributed by atoms with Crippen LogP contribution >= 0.6 is 0 Å². The number of carbonyl (C=O) groups is 1. The molecule has 29 heavy (non-hydrogen) atoms. The zero-order valence-electron chi connectivity index (χ0n) is 16.6. The number of rotatable bonds is 10. The molecular weight excluding hydrogens is 364 g/mol. The fraction of sp³-hybridized carbons (Fsp3) is 0.208. The average molecular weight is 390 g/mol. The number of hydrogen-bond acceptors (Lipinski definition) is 4. The van der Waals surface area contributed by atoms with Gasteiger partial charge in [-0.05, 0) is 61.0 Å². The van der Waals surface area contributed by atoms with Crippen molar-refractivity contribution in [1.29, 1.82) is 0 Å². The van der Waals surface area contributed by atoms with Gasteiger partial charge < -0.3 is 20.1 Å². The summed E-state index contributed by atoms with van der Waals surface area (Å²) in [6.45, 7) is 3.36. The number of nitrogens with one attached hydrogen (secondary N) is 2. The molecule has 150 valence electrons. The van der Waals surface area contributed by atoms with Gasteiger partial charge in [-0.1, -0.05) is 30.3 Å². The number of hydrogen-bond donors (Lipinski definition) is 2. The lowest BCUT2D eigenvalue weighted by atomic mass is 10.2. The summed E-state index contributed by atoms with van der Waals surface area (Å²) in [5, 5.41) is 5.97. The summed E-state index contributed by atoms with van der Waals surface area (Å²) < 4.78 is 11.2. The van der Waals surface area contributed by atoms with Crippen molar-refractivity contribution < 1.29 is 14.3 Å². The number of anilines is 2. The van der Waals surface area contributed by atoms with Crippen molar-refractivity contribution in [1.82, 2.24) is 0 Å². The molecule has 0 aliphatic carbocycles. The number of benzene rings is 3. The molecule has 0 saturated heterocycles. The molecular formula is C24H26N2O3. The Bertz CT molecular complexity index is 878. The normalized spacial score (nSPS) is 10.2. The van der Waals surface area contributed by atoms with Crippen LogP contribution in [0.2, 0.25) is 0 Å². The molecule has 0 heterocycles. The highest BCUT2D eigenvalue weighted by atomic mass is 16.5. The minimum Gasteiger partial charge on any atom is -0.494 e. The van der Waals surface area contributed by atoms with Gasteiger partial charge in [0.05, 0.1) is 19.8 Å². The van der Waals surface area contributed by atoms with Crippen LogP contribution in [0.5, 0.6) is 11.5 Å². The molecule has 0 atom stereocenters. The minimum atomic E-state index is -0.114. The van der Waals surface area contributed by atoms with E-state index in [2.05, 4.69) is 22.8 Å². The second kappa shape index (κ2) is 10.8. The van der Waals surface area contributed by atoms with Crippen LogP contribution in [0.4, 0.5) is 11.4 Å². The maximum Gasteiger partial charge on any atom is 0.243 e. The maximum atomic E-state index is 12.1. The second-order valence-electron chi connectivity index (χ2n) is 6.47. The lowest BCUT2D eigenvalue weighted by molar-refractivity contribution is -0.114. The van der Waals surface area contributed by atoms with E-state index in [4.69, 9.17) is 9.47 Å². The lowest BCUT2D eigenvalue weighted by Crippen LogP contribution is -2.21. The van der Waals surface area contributed by atoms with E-state index in [1.807, 2.05) is 73.7 Å². The predicted molar refractivity (Wildman–Crippen MR) is 117 cm³/mol. The first-order valence-electron chi connectivity index (χ1n) is 9.76. The molecule has 3 rings (SSSR count). The Morgan fingerprint density at radius 1 is 0.793 bits per heavy atom. The highest BCUT2D eigenvalue weighted by Gasteiger charge is 2.03. The molecule has 0 unspecified atom stereocenters. The number of carbonyl (C=O) groups excluding carboxylic acids is 1. The van der Waals surface area contributed by atoms with Crippen LogP contribution in [0.3, 0.4) is 0 Å². The van der Waals surface area contributed by atoms with Crippen LogP contribution in [0, 0.1) is 0 Å². The second-order valence-corrected chi connectivity index (χ2v) is 6.47. The summed E-state index contributed by atoms with van der Waals surface area (Å²) >= 11 is 0. The zero-order chi connectivity index (χ0) is 20.3. The fourth-order valence-electron chi connectivity index (χ4n) is 2.79. The SMILES string of the molecule is CCOc1ccc(NC(=O)CNc2ccc(OCCc3ccccc3)cc2)cc1. The Morgan fingerprint density at radius 3 is 2.07 bits per heavy atom. The fourth-order valence-corrected chi connectivity index (χ4v) is 2.79. The van der Waals surface area contributed by atoms with E-state index in [0.717, 1.165) is 29.3 Å². The van der Waals surface area contributed by atoms with Crippen molar-refractivity contribution in [3.8, 4) is 11.5 Å². The molecule has 0 fully saturated rings. The van der Waals surface area contributed by atoms with Gasteiger partial charge in [0.1, 0.15) is 11.5 Å². The van der Waals surface area contributed by atoms with Gasteiger partial charge >= 0.3 is 0 Å². The largest absolute Gasteiger partial charge is 0.494 e. The standard InChI is InChI=1S/C24H26N2O3/c1-2-28-22-14-10-21(11-15-22)26-24(27)18-25-20-8-12-23(13-9-20)29-17-16-19-6-4-3-5-7-19/h3-15,25H,2,16-18H2,1H3,(H,26,27). The molecule has 5 heteroatoms. The summed E-state index contributed by atoms with van der Waals surface area (Å²) in [4.78, 5) is 12.1. The van der Waals surface area contributed by atoms with Crippen molar-refractivity contribution in [2.75, 3.05) is 30.4 Å². The van der Waals surface area contributed by atoms with Gasteiger partial charge in [0.15, 0.2) is 0 Å². The van der Waals surface area contributed by atoms with E-state index in [-0.39, 0.29) is 12.5 Å². The molecule has 0 saturated carbocycles. The average Bonchev–Trinajstić information content (AvgIpc) is 2.75. The van der Waals surface area contributed by atoms with Gasteiger partial charge in [-0.2, -0.15) is 0 Å². The molecule has 0 radical (unpaired) electrons. The summed E-state index contributed by atoms with van der Waals surface area (Å²) in [7, 11) is 0. The van der Waals surface area contributed by atoms with Gasteiger partial charge in [-0.15, -0.1) is 0 Å². The molecule has 3 aromatic rings. The van der Waals surface area contributed by atoms with Gasteiger partial charge in [-0.25, -0.2) is 0 Å². The van der Waals surface area contributed by atoms with Crippen molar-refractivity contribution in [3.63, 3.8) is 0 Å². The van der Waals surface area contributed by atoms with Gasteiger partial charge in [0, 0.05) is 17.8 Å². The molecule has 0 bridgehead atoms. The predicted octanol–water partition coefficient (Wildman–Crippen LogP) is 4.76. The van der Waals surface area contributed by atoms with E-state index in [1.54, 1.807) is 0 Å². The molecule has 0 aliphatic heterocycles. The van der Waals surface area contributed by atoms with E-state index < -0.39 is 0 Å². The first-order valence-corrected chi connectivity index (χ1v) is 9.76. The van der Waals surface area contributed by atoms with E-state index in [9.17, 15) is 4.79 Å². The molecule has 0 spiro atoms. The Hall–Kier alpha value is -3.47. The Kier molecular flexibility index (Phi) is 7.52. The highest BCUT2D eigenvalue weighted by Crippen LogP contribution is 2.17. The van der Waals surface area contributed by atoms with Gasteiger partial charge in [0.2, 0.25) is 5.91 Å². The number of amides is 1. The minimum absolute atomic E-state index is 0.114. The first kappa shape index (κ1) is 20.3.